The number of ketones is 1. The van der Waals surface area contributed by atoms with E-state index in [1.807, 2.05) is 0 Å². The quantitative estimate of drug-likeness (QED) is 0.734. The Morgan fingerprint density at radius 1 is 1.41 bits per heavy atom. The third-order valence-electron chi connectivity index (χ3n) is 3.17. The van der Waals surface area contributed by atoms with E-state index in [-0.39, 0.29) is 17.7 Å². The molecule has 1 amide bonds. The summed E-state index contributed by atoms with van der Waals surface area (Å²) >= 11 is 0. The van der Waals surface area contributed by atoms with Gasteiger partial charge in [0.05, 0.1) is 0 Å². The smallest absolute Gasteiger partial charge is 0.240 e. The van der Waals surface area contributed by atoms with Gasteiger partial charge in [-0.25, -0.2) is 8.42 Å². The van der Waals surface area contributed by atoms with Crippen molar-refractivity contribution in [2.24, 2.45) is 0 Å². The van der Waals surface area contributed by atoms with Gasteiger partial charge in [-0.3, -0.25) is 9.59 Å². The predicted molar refractivity (Wildman–Crippen MR) is 64.3 cm³/mol. The van der Waals surface area contributed by atoms with E-state index in [0.29, 0.717) is 13.0 Å². The van der Waals surface area contributed by atoms with Crippen LogP contribution in [0.2, 0.25) is 0 Å². The number of likely N-dealkylation sites (tertiary alicyclic amines) is 1. The molecule has 0 saturated carbocycles. The summed E-state index contributed by atoms with van der Waals surface area (Å²) in [6.45, 7) is 3.44. The summed E-state index contributed by atoms with van der Waals surface area (Å²) in [5, 5.41) is -1.02. The lowest BCUT2D eigenvalue weighted by atomic mass is 10.1. The summed E-state index contributed by atoms with van der Waals surface area (Å²) in [6.07, 6.45) is 3.00. The Morgan fingerprint density at radius 2 is 2.00 bits per heavy atom. The van der Waals surface area contributed by atoms with Gasteiger partial charge in [-0.2, -0.15) is 0 Å². The van der Waals surface area contributed by atoms with Crippen molar-refractivity contribution < 1.29 is 18.0 Å². The van der Waals surface area contributed by atoms with Crippen LogP contribution in [0.1, 0.15) is 33.1 Å². The Hall–Kier alpha value is -0.910. The van der Waals surface area contributed by atoms with Crippen LogP contribution in [0, 0.1) is 0 Å². The Balaban J connectivity index is 2.78. The lowest BCUT2D eigenvalue weighted by molar-refractivity contribution is -0.131. The van der Waals surface area contributed by atoms with Crippen molar-refractivity contribution in [3.63, 3.8) is 0 Å². The van der Waals surface area contributed by atoms with E-state index in [2.05, 4.69) is 0 Å². The first-order valence-corrected chi connectivity index (χ1v) is 7.67. The van der Waals surface area contributed by atoms with E-state index < -0.39 is 15.1 Å². The first-order chi connectivity index (χ1) is 7.73. The highest BCUT2D eigenvalue weighted by Gasteiger charge is 2.35. The molecule has 0 aromatic heterocycles. The molecule has 1 heterocycles. The number of carbonyl (C=O) groups excluding carboxylic acids is 2. The molecule has 6 heteroatoms. The van der Waals surface area contributed by atoms with Crippen molar-refractivity contribution >= 4 is 21.5 Å². The molecular weight excluding hydrogens is 242 g/mol. The lowest BCUT2D eigenvalue weighted by Crippen LogP contribution is -2.44. The number of carbonyl (C=O) groups is 2. The molecule has 2 atom stereocenters. The van der Waals surface area contributed by atoms with Crippen LogP contribution in [0.4, 0.5) is 0 Å². The summed E-state index contributed by atoms with van der Waals surface area (Å²) < 4.78 is 22.7. The molecule has 1 saturated heterocycles. The van der Waals surface area contributed by atoms with Gasteiger partial charge in [0.25, 0.3) is 0 Å². The number of nitrogens with zero attached hydrogens (tertiary/aromatic N) is 1. The molecular formula is C11H19NO4S. The van der Waals surface area contributed by atoms with Gasteiger partial charge < -0.3 is 4.90 Å². The Bertz CT molecular complexity index is 415. The van der Waals surface area contributed by atoms with Crippen molar-refractivity contribution in [1.82, 2.24) is 4.90 Å². The fraction of sp³-hybridized carbons (Fsp3) is 0.818. The molecule has 17 heavy (non-hydrogen) atoms. The van der Waals surface area contributed by atoms with Gasteiger partial charge in [0.2, 0.25) is 5.91 Å². The highest BCUT2D eigenvalue weighted by atomic mass is 32.2. The lowest BCUT2D eigenvalue weighted by Gasteiger charge is -2.26. The zero-order valence-corrected chi connectivity index (χ0v) is 11.3. The molecule has 1 fully saturated rings. The summed E-state index contributed by atoms with van der Waals surface area (Å²) in [7, 11) is -3.37. The highest BCUT2D eigenvalue weighted by molar-refractivity contribution is 7.92. The molecule has 1 aliphatic heterocycles. The third-order valence-corrected chi connectivity index (χ3v) is 4.66. The van der Waals surface area contributed by atoms with E-state index in [1.165, 1.54) is 13.8 Å². The average molecular weight is 261 g/mol. The number of hydrogen-bond acceptors (Lipinski definition) is 4. The van der Waals surface area contributed by atoms with Crippen LogP contribution < -0.4 is 0 Å². The summed E-state index contributed by atoms with van der Waals surface area (Å²) in [6, 6.07) is -0.121. The molecule has 0 radical (unpaired) electrons. The number of sulfone groups is 1. The maximum atomic E-state index is 12.0. The van der Waals surface area contributed by atoms with Crippen LogP contribution in [0.5, 0.6) is 0 Å². The second kappa shape index (κ2) is 5.16. The van der Waals surface area contributed by atoms with E-state index in [1.54, 1.807) is 4.90 Å². The largest absolute Gasteiger partial charge is 0.338 e. The Kier molecular flexibility index (Phi) is 4.30. The summed E-state index contributed by atoms with van der Waals surface area (Å²) in [5.41, 5.74) is 0. The van der Waals surface area contributed by atoms with Crippen LogP contribution in [-0.2, 0) is 19.4 Å². The predicted octanol–water partition coefficient (Wildman–Crippen LogP) is 0.390. The highest BCUT2D eigenvalue weighted by Crippen LogP contribution is 2.22. The number of rotatable bonds is 4. The molecule has 0 bridgehead atoms. The topological polar surface area (TPSA) is 71.5 Å². The molecule has 0 spiro atoms. The summed E-state index contributed by atoms with van der Waals surface area (Å²) in [4.78, 5) is 24.6. The molecule has 1 aliphatic rings. The SMILES string of the molecule is CC(=O)CC1CCCN1C(=O)C(C)S(C)(=O)=O. The van der Waals surface area contributed by atoms with Crippen molar-refractivity contribution in [2.45, 2.75) is 44.4 Å². The van der Waals surface area contributed by atoms with Crippen LogP contribution in [0.3, 0.4) is 0 Å². The van der Waals surface area contributed by atoms with Gasteiger partial charge in [0.1, 0.15) is 11.0 Å². The fourth-order valence-corrected chi connectivity index (χ4v) is 2.59. The van der Waals surface area contributed by atoms with Crippen molar-refractivity contribution in [3.05, 3.63) is 0 Å². The third kappa shape index (κ3) is 3.52. The number of hydrogen-bond donors (Lipinski definition) is 0. The van der Waals surface area contributed by atoms with Crippen molar-refractivity contribution in [1.29, 1.82) is 0 Å². The average Bonchev–Trinajstić information content (AvgIpc) is 2.61. The second-order valence-corrected chi connectivity index (χ2v) is 7.07. The molecule has 0 aromatic rings. The van der Waals surface area contributed by atoms with Crippen LogP contribution in [-0.4, -0.2) is 49.1 Å². The minimum absolute atomic E-state index is 0.0294. The number of Topliss-reactive ketones (excluding diaryl/α,β-unsaturated/α-hetero) is 1. The van der Waals surface area contributed by atoms with Gasteiger partial charge in [0, 0.05) is 25.3 Å². The standard InChI is InChI=1S/C11H19NO4S/c1-8(13)7-10-5-4-6-12(10)11(14)9(2)17(3,15)16/h9-10H,4-7H2,1-3H3. The molecule has 98 valence electrons. The molecule has 0 aliphatic carbocycles. The van der Waals surface area contributed by atoms with Gasteiger partial charge in [0.15, 0.2) is 9.84 Å². The first-order valence-electron chi connectivity index (χ1n) is 5.72. The first kappa shape index (κ1) is 14.2. The van der Waals surface area contributed by atoms with Gasteiger partial charge in [-0.15, -0.1) is 0 Å². The van der Waals surface area contributed by atoms with Crippen LogP contribution in [0.25, 0.3) is 0 Å². The minimum Gasteiger partial charge on any atom is -0.338 e. The zero-order chi connectivity index (χ0) is 13.2. The Labute approximate surface area is 102 Å². The monoisotopic (exact) mass is 261 g/mol. The summed E-state index contributed by atoms with van der Waals surface area (Å²) in [5.74, 6) is -0.349. The zero-order valence-electron chi connectivity index (χ0n) is 10.5. The maximum absolute atomic E-state index is 12.0. The minimum atomic E-state index is -3.37. The normalized spacial score (nSPS) is 22.5. The molecule has 0 N–H and O–H groups in total. The molecule has 2 unspecified atom stereocenters. The van der Waals surface area contributed by atoms with Gasteiger partial charge in [-0.1, -0.05) is 0 Å². The van der Waals surface area contributed by atoms with E-state index in [4.69, 9.17) is 0 Å². The van der Waals surface area contributed by atoms with Crippen LogP contribution in [0.15, 0.2) is 0 Å². The van der Waals surface area contributed by atoms with E-state index >= 15 is 0 Å². The number of amides is 1. The Morgan fingerprint density at radius 3 is 2.47 bits per heavy atom. The fourth-order valence-electron chi connectivity index (χ4n) is 2.09. The van der Waals surface area contributed by atoms with Crippen molar-refractivity contribution in [2.75, 3.05) is 12.8 Å². The second-order valence-electron chi connectivity index (χ2n) is 4.71. The van der Waals surface area contributed by atoms with Gasteiger partial charge in [-0.05, 0) is 26.7 Å². The molecule has 5 nitrogen and oxygen atoms in total. The van der Waals surface area contributed by atoms with Gasteiger partial charge >= 0.3 is 0 Å². The molecule has 1 rings (SSSR count). The van der Waals surface area contributed by atoms with Crippen LogP contribution >= 0.6 is 0 Å². The van der Waals surface area contributed by atoms with E-state index in [9.17, 15) is 18.0 Å². The van der Waals surface area contributed by atoms with E-state index in [0.717, 1.165) is 19.1 Å². The van der Waals surface area contributed by atoms with Crippen molar-refractivity contribution in [3.8, 4) is 0 Å². The molecule has 0 aromatic carbocycles. The maximum Gasteiger partial charge on any atom is 0.240 e.